The Morgan fingerprint density at radius 3 is 2.38 bits per heavy atom. The molecule has 1 heterocycles. The van der Waals surface area contributed by atoms with Crippen molar-refractivity contribution >= 4 is 11.9 Å². The summed E-state index contributed by atoms with van der Waals surface area (Å²) < 4.78 is 10.2. The Labute approximate surface area is 94.9 Å². The van der Waals surface area contributed by atoms with Gasteiger partial charge in [0.15, 0.2) is 0 Å². The van der Waals surface area contributed by atoms with E-state index in [9.17, 15) is 9.59 Å². The average Bonchev–Trinajstić information content (AvgIpc) is 2.30. The van der Waals surface area contributed by atoms with E-state index in [1.807, 2.05) is 0 Å². The number of cyclic esters (lactones) is 2. The first kappa shape index (κ1) is 12.5. The minimum atomic E-state index is -0.833. The van der Waals surface area contributed by atoms with Crippen LogP contribution in [0.3, 0.4) is 0 Å². The Bertz CT molecular complexity index is 298. The van der Waals surface area contributed by atoms with Gasteiger partial charge in [-0.2, -0.15) is 0 Å². The smallest absolute Gasteiger partial charge is 0.307 e. The van der Waals surface area contributed by atoms with Gasteiger partial charge in [0.05, 0.1) is 19.4 Å². The number of ether oxygens (including phenoxy) is 2. The lowest BCUT2D eigenvalue weighted by Gasteiger charge is -2.27. The molecule has 0 aromatic carbocycles. The van der Waals surface area contributed by atoms with Gasteiger partial charge in [0.1, 0.15) is 5.60 Å². The molecule has 0 spiro atoms. The summed E-state index contributed by atoms with van der Waals surface area (Å²) >= 11 is 0. The highest BCUT2D eigenvalue weighted by atomic mass is 16.6. The highest BCUT2D eigenvalue weighted by Crippen LogP contribution is 2.23. The molecule has 1 saturated heterocycles. The molecule has 0 unspecified atom stereocenters. The molecule has 4 nitrogen and oxygen atoms in total. The topological polar surface area (TPSA) is 52.6 Å². The number of hydrogen-bond donors (Lipinski definition) is 0. The molecule has 0 atom stereocenters. The van der Waals surface area contributed by atoms with E-state index < -0.39 is 11.6 Å². The third kappa shape index (κ3) is 3.22. The molecule has 0 N–H and O–H groups in total. The van der Waals surface area contributed by atoms with Gasteiger partial charge in [-0.1, -0.05) is 13.2 Å². The van der Waals surface area contributed by atoms with E-state index in [-0.39, 0.29) is 18.8 Å². The third-order valence-electron chi connectivity index (χ3n) is 2.50. The second-order valence-corrected chi connectivity index (χ2v) is 3.66. The average molecular weight is 224 g/mol. The molecule has 0 aliphatic carbocycles. The van der Waals surface area contributed by atoms with Crippen LogP contribution in [0, 0.1) is 0 Å². The maximum Gasteiger partial charge on any atom is 0.307 e. The van der Waals surface area contributed by atoms with Crippen molar-refractivity contribution < 1.29 is 19.1 Å². The van der Waals surface area contributed by atoms with Crippen LogP contribution in [0.15, 0.2) is 25.3 Å². The highest BCUT2D eigenvalue weighted by molar-refractivity contribution is 5.78. The van der Waals surface area contributed by atoms with Gasteiger partial charge in [0.25, 0.3) is 0 Å². The van der Waals surface area contributed by atoms with Crippen LogP contribution in [0.5, 0.6) is 0 Å². The van der Waals surface area contributed by atoms with Crippen molar-refractivity contribution in [1.82, 2.24) is 0 Å². The van der Waals surface area contributed by atoms with Crippen molar-refractivity contribution in [3.8, 4) is 0 Å². The zero-order valence-electron chi connectivity index (χ0n) is 9.24. The van der Waals surface area contributed by atoms with Gasteiger partial charge in [-0.3, -0.25) is 9.59 Å². The van der Waals surface area contributed by atoms with Crippen LogP contribution in [0.1, 0.15) is 25.7 Å². The number of esters is 2. The predicted molar refractivity (Wildman–Crippen MR) is 58.6 cm³/mol. The van der Waals surface area contributed by atoms with E-state index in [0.29, 0.717) is 19.4 Å². The number of rotatable bonds is 2. The molecule has 0 amide bonds. The standard InChI is InChI=1S/C12H16O4/c1-3-12(4-2)8-5-9-15-10(13)6-7-11(14)16-12/h3-4H,1-2,5-9H2. The quantitative estimate of drug-likeness (QED) is 0.529. The summed E-state index contributed by atoms with van der Waals surface area (Å²) in [5, 5.41) is 0. The second-order valence-electron chi connectivity index (χ2n) is 3.66. The van der Waals surface area contributed by atoms with Gasteiger partial charge in [-0.05, 0) is 25.0 Å². The van der Waals surface area contributed by atoms with Gasteiger partial charge >= 0.3 is 11.9 Å². The number of carbonyl (C=O) groups excluding carboxylic acids is 2. The predicted octanol–water partition coefficient (Wildman–Crippen LogP) is 1.76. The fourth-order valence-corrected chi connectivity index (χ4v) is 1.50. The fourth-order valence-electron chi connectivity index (χ4n) is 1.50. The molecular formula is C12H16O4. The number of carbonyl (C=O) groups is 2. The summed E-state index contributed by atoms with van der Waals surface area (Å²) in [6, 6.07) is 0. The van der Waals surface area contributed by atoms with Crippen LogP contribution in [0.25, 0.3) is 0 Å². The van der Waals surface area contributed by atoms with E-state index in [1.165, 1.54) is 0 Å². The Morgan fingerprint density at radius 2 is 1.75 bits per heavy atom. The van der Waals surface area contributed by atoms with Gasteiger partial charge in [0, 0.05) is 0 Å². The van der Waals surface area contributed by atoms with Crippen molar-refractivity contribution in [2.24, 2.45) is 0 Å². The number of hydrogen-bond acceptors (Lipinski definition) is 4. The van der Waals surface area contributed by atoms with Crippen LogP contribution in [0.2, 0.25) is 0 Å². The Kier molecular flexibility index (Phi) is 4.28. The Hall–Kier alpha value is -1.58. The maximum atomic E-state index is 11.5. The van der Waals surface area contributed by atoms with Gasteiger partial charge in [0.2, 0.25) is 0 Å². The summed E-state index contributed by atoms with van der Waals surface area (Å²) in [5.74, 6) is -0.791. The van der Waals surface area contributed by atoms with Crippen LogP contribution >= 0.6 is 0 Å². The Balaban J connectivity index is 2.74. The lowest BCUT2D eigenvalue weighted by atomic mass is 9.97. The monoisotopic (exact) mass is 224 g/mol. The van der Waals surface area contributed by atoms with Crippen LogP contribution < -0.4 is 0 Å². The van der Waals surface area contributed by atoms with Crippen molar-refractivity contribution in [3.63, 3.8) is 0 Å². The molecule has 0 saturated carbocycles. The fraction of sp³-hybridized carbons (Fsp3) is 0.500. The first-order chi connectivity index (χ1) is 7.62. The van der Waals surface area contributed by atoms with Crippen molar-refractivity contribution in [2.45, 2.75) is 31.3 Å². The summed E-state index contributed by atoms with van der Waals surface area (Å²) in [4.78, 5) is 22.5. The summed E-state index contributed by atoms with van der Waals surface area (Å²) in [5.41, 5.74) is -0.833. The van der Waals surface area contributed by atoms with Crippen molar-refractivity contribution in [1.29, 1.82) is 0 Å². The SMILES string of the molecule is C=CC1(C=C)CCCOC(=O)CCC(=O)O1. The minimum absolute atomic E-state index is 0.0300. The Morgan fingerprint density at radius 1 is 1.12 bits per heavy atom. The molecule has 16 heavy (non-hydrogen) atoms. The minimum Gasteiger partial charge on any atom is -0.466 e. The maximum absolute atomic E-state index is 11.5. The van der Waals surface area contributed by atoms with Crippen LogP contribution in [-0.4, -0.2) is 24.1 Å². The molecule has 88 valence electrons. The van der Waals surface area contributed by atoms with Gasteiger partial charge in [-0.25, -0.2) is 0 Å². The first-order valence-corrected chi connectivity index (χ1v) is 5.26. The van der Waals surface area contributed by atoms with Crippen LogP contribution in [-0.2, 0) is 19.1 Å². The molecule has 1 fully saturated rings. The molecule has 0 aromatic heterocycles. The zero-order valence-corrected chi connectivity index (χ0v) is 9.24. The molecule has 0 aromatic rings. The highest BCUT2D eigenvalue weighted by Gasteiger charge is 2.28. The summed E-state index contributed by atoms with van der Waals surface area (Å²) in [6.07, 6.45) is 4.34. The zero-order chi connectivity index (χ0) is 12.0. The molecular weight excluding hydrogens is 208 g/mol. The molecule has 1 aliphatic rings. The third-order valence-corrected chi connectivity index (χ3v) is 2.50. The van der Waals surface area contributed by atoms with E-state index in [0.717, 1.165) is 0 Å². The van der Waals surface area contributed by atoms with Crippen LogP contribution in [0.4, 0.5) is 0 Å². The lowest BCUT2D eigenvalue weighted by molar-refractivity contribution is -0.158. The van der Waals surface area contributed by atoms with Crippen molar-refractivity contribution in [2.75, 3.05) is 6.61 Å². The van der Waals surface area contributed by atoms with E-state index >= 15 is 0 Å². The van der Waals surface area contributed by atoms with Gasteiger partial charge < -0.3 is 9.47 Å². The van der Waals surface area contributed by atoms with E-state index in [4.69, 9.17) is 9.47 Å². The van der Waals surface area contributed by atoms with E-state index in [1.54, 1.807) is 12.2 Å². The lowest BCUT2D eigenvalue weighted by Crippen LogP contribution is -2.32. The van der Waals surface area contributed by atoms with Crippen molar-refractivity contribution in [3.05, 3.63) is 25.3 Å². The van der Waals surface area contributed by atoms with Gasteiger partial charge in [-0.15, -0.1) is 0 Å². The largest absolute Gasteiger partial charge is 0.466 e. The summed E-state index contributed by atoms with van der Waals surface area (Å²) in [6.45, 7) is 7.63. The first-order valence-electron chi connectivity index (χ1n) is 5.26. The summed E-state index contributed by atoms with van der Waals surface area (Å²) in [7, 11) is 0. The van der Waals surface area contributed by atoms with E-state index in [2.05, 4.69) is 13.2 Å². The molecule has 1 aliphatic heterocycles. The normalized spacial score (nSPS) is 21.5. The molecule has 0 bridgehead atoms. The molecule has 0 radical (unpaired) electrons. The second kappa shape index (κ2) is 5.49. The molecule has 1 rings (SSSR count). The molecule has 4 heteroatoms.